The highest BCUT2D eigenvalue weighted by molar-refractivity contribution is 8.00. The molecule has 4 aromatic rings. The topological polar surface area (TPSA) is 54.9 Å². The quantitative estimate of drug-likeness (QED) is 0.283. The minimum absolute atomic E-state index is 0.316. The number of nitrogens with one attached hydrogen (secondary N) is 1. The van der Waals surface area contributed by atoms with Crippen molar-refractivity contribution in [3.05, 3.63) is 69.3 Å². The Hall–Kier alpha value is -2.00. The number of halogens is 2. The molecule has 142 valence electrons. The third-order valence-corrected chi connectivity index (χ3v) is 7.57. The molecule has 1 N–H and O–H groups in total. The molecule has 28 heavy (non-hydrogen) atoms. The first-order chi connectivity index (χ1) is 13.5. The number of hydrogen-bond acceptors (Lipinski definition) is 6. The van der Waals surface area contributed by atoms with E-state index in [9.17, 15) is 9.18 Å². The molecule has 0 fully saturated rings. The second kappa shape index (κ2) is 8.16. The molecule has 2 heterocycles. The van der Waals surface area contributed by atoms with Crippen LogP contribution in [0.5, 0.6) is 0 Å². The molecule has 0 aliphatic rings. The Morgan fingerprint density at radius 1 is 1.21 bits per heavy atom. The summed E-state index contributed by atoms with van der Waals surface area (Å²) in [5, 5.41) is 12.2. The maximum absolute atomic E-state index is 13.4. The molecule has 2 aromatic heterocycles. The lowest BCUT2D eigenvalue weighted by molar-refractivity contribution is 0.103. The molecule has 1 amide bonds. The molecule has 0 atom stereocenters. The Morgan fingerprint density at radius 3 is 2.89 bits per heavy atom. The summed E-state index contributed by atoms with van der Waals surface area (Å²) in [6, 6.07) is 12.5. The van der Waals surface area contributed by atoms with Gasteiger partial charge in [0, 0.05) is 15.8 Å². The zero-order valence-corrected chi connectivity index (χ0v) is 17.7. The van der Waals surface area contributed by atoms with Gasteiger partial charge in [0.1, 0.15) is 10.7 Å². The fourth-order valence-corrected chi connectivity index (χ4v) is 5.73. The van der Waals surface area contributed by atoms with Gasteiger partial charge in [0.2, 0.25) is 5.13 Å². The van der Waals surface area contributed by atoms with E-state index in [0.29, 0.717) is 25.1 Å². The van der Waals surface area contributed by atoms with E-state index in [2.05, 4.69) is 40.6 Å². The molecule has 0 saturated carbocycles. The predicted molar refractivity (Wildman–Crippen MR) is 115 cm³/mol. The highest BCUT2D eigenvalue weighted by Crippen LogP contribution is 2.36. The van der Waals surface area contributed by atoms with Gasteiger partial charge in [0.25, 0.3) is 5.91 Å². The van der Waals surface area contributed by atoms with Crippen LogP contribution in [0, 0.1) is 12.7 Å². The summed E-state index contributed by atoms with van der Waals surface area (Å²) in [4.78, 5) is 12.9. The van der Waals surface area contributed by atoms with Gasteiger partial charge in [-0.05, 0) is 30.7 Å². The lowest BCUT2D eigenvalue weighted by Crippen LogP contribution is -2.10. The number of nitrogens with zero attached hydrogens (tertiary/aromatic N) is 2. The third kappa shape index (κ3) is 4.20. The number of thiophene rings is 1. The van der Waals surface area contributed by atoms with Crippen molar-refractivity contribution >= 4 is 67.2 Å². The van der Waals surface area contributed by atoms with E-state index >= 15 is 0 Å². The number of aromatic nitrogens is 2. The van der Waals surface area contributed by atoms with Gasteiger partial charge in [0.05, 0.1) is 5.02 Å². The molecule has 0 radical (unpaired) electrons. The standard InChI is InChI=1S/C19H13ClFN3OS3/c1-10-3-2-4-11(7-10)9-26-19-24-23-18(28-19)22-17(25)16-15(20)13-6-5-12(21)8-14(13)27-16/h2-8H,9H2,1H3,(H,22,23,25). The van der Waals surface area contributed by atoms with Crippen LogP contribution in [0.25, 0.3) is 10.1 Å². The van der Waals surface area contributed by atoms with E-state index in [0.717, 1.165) is 21.4 Å². The van der Waals surface area contributed by atoms with E-state index in [1.54, 1.807) is 17.8 Å². The molecule has 0 bridgehead atoms. The molecule has 9 heteroatoms. The first-order valence-electron chi connectivity index (χ1n) is 8.20. The Bertz CT molecular complexity index is 1170. The van der Waals surface area contributed by atoms with Gasteiger partial charge in [-0.2, -0.15) is 0 Å². The SMILES string of the molecule is Cc1cccc(CSc2nnc(NC(=O)c3sc4cc(F)ccc4c3Cl)s2)c1. The largest absolute Gasteiger partial charge is 0.296 e. The summed E-state index contributed by atoms with van der Waals surface area (Å²) in [5.74, 6) is 0.0348. The van der Waals surface area contributed by atoms with Crippen molar-refractivity contribution in [2.24, 2.45) is 0 Å². The number of anilines is 1. The summed E-state index contributed by atoms with van der Waals surface area (Å²) >= 11 is 10.3. The number of amides is 1. The fourth-order valence-electron chi connectivity index (χ4n) is 2.60. The van der Waals surface area contributed by atoms with Crippen LogP contribution in [0.4, 0.5) is 9.52 Å². The minimum Gasteiger partial charge on any atom is -0.296 e. The van der Waals surface area contributed by atoms with Gasteiger partial charge in [-0.25, -0.2) is 4.39 Å². The van der Waals surface area contributed by atoms with Crippen molar-refractivity contribution in [3.63, 3.8) is 0 Å². The maximum Gasteiger partial charge on any atom is 0.269 e. The molecule has 4 rings (SSSR count). The van der Waals surface area contributed by atoms with Crippen molar-refractivity contribution in [2.75, 3.05) is 5.32 Å². The van der Waals surface area contributed by atoms with Crippen molar-refractivity contribution in [3.8, 4) is 0 Å². The van der Waals surface area contributed by atoms with Crippen LogP contribution in [-0.4, -0.2) is 16.1 Å². The maximum atomic E-state index is 13.4. The van der Waals surface area contributed by atoms with Crippen LogP contribution in [0.2, 0.25) is 5.02 Å². The highest BCUT2D eigenvalue weighted by atomic mass is 35.5. The van der Waals surface area contributed by atoms with Crippen molar-refractivity contribution in [2.45, 2.75) is 17.0 Å². The number of aryl methyl sites for hydroxylation is 1. The van der Waals surface area contributed by atoms with E-state index in [1.165, 1.54) is 34.6 Å². The summed E-state index contributed by atoms with van der Waals surface area (Å²) < 4.78 is 14.8. The van der Waals surface area contributed by atoms with Crippen LogP contribution >= 0.6 is 46.0 Å². The predicted octanol–water partition coefficient (Wildman–Crippen LogP) is 6.40. The van der Waals surface area contributed by atoms with E-state index in [4.69, 9.17) is 11.6 Å². The second-order valence-corrected chi connectivity index (χ2v) is 9.62. The van der Waals surface area contributed by atoms with Gasteiger partial charge in [0.15, 0.2) is 4.34 Å². The molecule has 4 nitrogen and oxygen atoms in total. The van der Waals surface area contributed by atoms with Crippen LogP contribution < -0.4 is 5.32 Å². The lowest BCUT2D eigenvalue weighted by Gasteiger charge is -2.00. The Kier molecular flexibility index (Phi) is 5.63. The molecular formula is C19H13ClFN3OS3. The molecule has 0 unspecified atom stereocenters. The number of hydrogen-bond donors (Lipinski definition) is 1. The second-order valence-electron chi connectivity index (χ2n) is 5.99. The molecule has 2 aromatic carbocycles. The fraction of sp³-hybridized carbons (Fsp3) is 0.105. The summed E-state index contributed by atoms with van der Waals surface area (Å²) in [6.07, 6.45) is 0. The molecule has 0 aliphatic heterocycles. The van der Waals surface area contributed by atoms with E-state index in [-0.39, 0.29) is 11.7 Å². The van der Waals surface area contributed by atoms with E-state index in [1.807, 2.05) is 6.07 Å². The number of benzene rings is 2. The van der Waals surface area contributed by atoms with Crippen LogP contribution in [-0.2, 0) is 5.75 Å². The van der Waals surface area contributed by atoms with Gasteiger partial charge >= 0.3 is 0 Å². The smallest absolute Gasteiger partial charge is 0.269 e. The van der Waals surface area contributed by atoms with Gasteiger partial charge < -0.3 is 0 Å². The first kappa shape index (κ1) is 19.3. The van der Waals surface area contributed by atoms with Crippen LogP contribution in [0.3, 0.4) is 0 Å². The third-order valence-electron chi connectivity index (χ3n) is 3.87. The number of carbonyl (C=O) groups excluding carboxylic acids is 1. The molecular weight excluding hydrogens is 437 g/mol. The Labute approximate surface area is 177 Å². The van der Waals surface area contributed by atoms with Crippen molar-refractivity contribution < 1.29 is 9.18 Å². The summed E-state index contributed by atoms with van der Waals surface area (Å²) in [7, 11) is 0. The molecule has 0 aliphatic carbocycles. The van der Waals surface area contributed by atoms with Gasteiger partial charge in [-0.3, -0.25) is 10.1 Å². The number of thioether (sulfide) groups is 1. The monoisotopic (exact) mass is 449 g/mol. The summed E-state index contributed by atoms with van der Waals surface area (Å²) in [5.41, 5.74) is 2.42. The summed E-state index contributed by atoms with van der Waals surface area (Å²) in [6.45, 7) is 2.06. The Balaban J connectivity index is 1.45. The number of rotatable bonds is 5. The van der Waals surface area contributed by atoms with Gasteiger partial charge in [-0.15, -0.1) is 21.5 Å². The zero-order chi connectivity index (χ0) is 19.7. The van der Waals surface area contributed by atoms with E-state index < -0.39 is 0 Å². The normalized spacial score (nSPS) is 11.1. The molecule has 0 spiro atoms. The minimum atomic E-state index is -0.377. The average Bonchev–Trinajstić information content (AvgIpc) is 3.24. The zero-order valence-electron chi connectivity index (χ0n) is 14.5. The number of carbonyl (C=O) groups is 1. The number of fused-ring (bicyclic) bond motifs is 1. The van der Waals surface area contributed by atoms with Crippen LogP contribution in [0.1, 0.15) is 20.8 Å². The van der Waals surface area contributed by atoms with Crippen molar-refractivity contribution in [1.82, 2.24) is 10.2 Å². The first-order valence-corrected chi connectivity index (χ1v) is 11.2. The van der Waals surface area contributed by atoms with Crippen LogP contribution in [0.15, 0.2) is 46.8 Å². The molecule has 0 saturated heterocycles. The average molecular weight is 450 g/mol. The Morgan fingerprint density at radius 2 is 2.07 bits per heavy atom. The lowest BCUT2D eigenvalue weighted by atomic mass is 10.2. The highest BCUT2D eigenvalue weighted by Gasteiger charge is 2.19. The van der Waals surface area contributed by atoms with Crippen molar-refractivity contribution in [1.29, 1.82) is 0 Å². The van der Waals surface area contributed by atoms with Gasteiger partial charge in [-0.1, -0.05) is 64.5 Å².